The molecule has 1 aromatic carbocycles. The molecule has 0 spiro atoms. The topological polar surface area (TPSA) is 61.5 Å². The summed E-state index contributed by atoms with van der Waals surface area (Å²) in [5.74, 6) is -0.265. The van der Waals surface area contributed by atoms with Crippen molar-refractivity contribution >= 4 is 0 Å². The summed E-state index contributed by atoms with van der Waals surface area (Å²) < 4.78 is 14.8. The van der Waals surface area contributed by atoms with Gasteiger partial charge in [-0.1, -0.05) is 13.3 Å². The first-order valence-electron chi connectivity index (χ1n) is 8.87. The van der Waals surface area contributed by atoms with Crippen molar-refractivity contribution in [2.45, 2.75) is 38.8 Å². The summed E-state index contributed by atoms with van der Waals surface area (Å²) in [5, 5.41) is 24.6. The normalized spacial score (nSPS) is 24.6. The number of halogens is 1. The minimum absolute atomic E-state index is 0.00729. The Balaban J connectivity index is 1.69. The molecule has 1 aromatic heterocycles. The number of aliphatic hydroxyl groups excluding tert-OH is 2. The van der Waals surface area contributed by atoms with Crippen LogP contribution in [0, 0.1) is 11.2 Å². The van der Waals surface area contributed by atoms with Crippen LogP contribution in [-0.4, -0.2) is 50.7 Å². The fourth-order valence-electron chi connectivity index (χ4n) is 3.79. The molecule has 136 valence electrons. The van der Waals surface area contributed by atoms with Gasteiger partial charge in [0.15, 0.2) is 0 Å². The molecule has 0 radical (unpaired) electrons. The number of aliphatic hydroxyl groups is 2. The highest BCUT2D eigenvalue weighted by molar-refractivity contribution is 5.31. The summed E-state index contributed by atoms with van der Waals surface area (Å²) in [5.41, 5.74) is 1.45. The first-order chi connectivity index (χ1) is 12.1. The second-order valence-electron chi connectivity index (χ2n) is 7.06. The average Bonchev–Trinajstić information content (AvgIpc) is 3.07. The van der Waals surface area contributed by atoms with Crippen molar-refractivity contribution in [3.8, 4) is 5.69 Å². The van der Waals surface area contributed by atoms with Gasteiger partial charge in [-0.05, 0) is 37.1 Å². The summed E-state index contributed by atoms with van der Waals surface area (Å²) in [6.07, 6.45) is 5.74. The number of hydrogen-bond donors (Lipinski definition) is 2. The summed E-state index contributed by atoms with van der Waals surface area (Å²) in [6, 6.07) is 6.23. The monoisotopic (exact) mass is 347 g/mol. The SMILES string of the molecule is CCC[C@@]1(CO)CN(Cc2cnn(-c3ccc(F)cc3)c2)CC[C@@H]1O. The third-order valence-corrected chi connectivity index (χ3v) is 5.16. The van der Waals surface area contributed by atoms with Crippen molar-refractivity contribution in [1.82, 2.24) is 14.7 Å². The van der Waals surface area contributed by atoms with Gasteiger partial charge in [0.25, 0.3) is 0 Å². The maximum absolute atomic E-state index is 13.0. The first-order valence-corrected chi connectivity index (χ1v) is 8.87. The average molecular weight is 347 g/mol. The molecule has 2 N–H and O–H groups in total. The molecule has 0 saturated carbocycles. The van der Waals surface area contributed by atoms with Gasteiger partial charge in [-0.2, -0.15) is 5.10 Å². The molecule has 0 aliphatic carbocycles. The zero-order valence-corrected chi connectivity index (χ0v) is 14.6. The first kappa shape index (κ1) is 18.0. The highest BCUT2D eigenvalue weighted by atomic mass is 19.1. The Morgan fingerprint density at radius 3 is 2.76 bits per heavy atom. The molecule has 6 heteroatoms. The zero-order chi connectivity index (χ0) is 17.9. The zero-order valence-electron chi connectivity index (χ0n) is 14.6. The van der Waals surface area contributed by atoms with Gasteiger partial charge in [-0.25, -0.2) is 9.07 Å². The van der Waals surface area contributed by atoms with E-state index in [9.17, 15) is 14.6 Å². The van der Waals surface area contributed by atoms with Gasteiger partial charge in [-0.3, -0.25) is 4.90 Å². The molecule has 2 heterocycles. The molecule has 2 aromatic rings. The molecule has 2 atom stereocenters. The van der Waals surface area contributed by atoms with E-state index in [1.165, 1.54) is 12.1 Å². The number of aromatic nitrogens is 2. The number of likely N-dealkylation sites (tertiary alicyclic amines) is 1. The quantitative estimate of drug-likeness (QED) is 0.842. The molecule has 0 unspecified atom stereocenters. The molecular weight excluding hydrogens is 321 g/mol. The summed E-state index contributed by atoms with van der Waals surface area (Å²) >= 11 is 0. The molecule has 1 saturated heterocycles. The van der Waals surface area contributed by atoms with E-state index in [-0.39, 0.29) is 12.4 Å². The van der Waals surface area contributed by atoms with Crippen LogP contribution in [0.25, 0.3) is 5.69 Å². The predicted octanol–water partition coefficient (Wildman–Crippen LogP) is 2.36. The van der Waals surface area contributed by atoms with Crippen LogP contribution in [-0.2, 0) is 6.54 Å². The molecule has 1 fully saturated rings. The Labute approximate surface area is 147 Å². The van der Waals surface area contributed by atoms with Crippen LogP contribution in [0.1, 0.15) is 31.7 Å². The lowest BCUT2D eigenvalue weighted by atomic mass is 9.74. The Morgan fingerprint density at radius 2 is 2.08 bits per heavy atom. The molecule has 0 bridgehead atoms. The van der Waals surface area contributed by atoms with Crippen LogP contribution in [0.4, 0.5) is 4.39 Å². The maximum atomic E-state index is 13.0. The van der Waals surface area contributed by atoms with Gasteiger partial charge >= 0.3 is 0 Å². The fraction of sp³-hybridized carbons (Fsp3) is 0.526. The lowest BCUT2D eigenvalue weighted by molar-refractivity contribution is -0.0819. The van der Waals surface area contributed by atoms with Gasteiger partial charge in [0.2, 0.25) is 0 Å². The number of benzene rings is 1. The van der Waals surface area contributed by atoms with Crippen LogP contribution in [0.5, 0.6) is 0 Å². The standard InChI is InChI=1S/C19H26FN3O2/c1-2-8-19(14-24)13-22(9-7-18(19)25)11-15-10-21-23(12-15)17-5-3-16(20)4-6-17/h3-6,10,12,18,24-25H,2,7-9,11,13-14H2,1H3/t18-,19-/m0/s1. The summed E-state index contributed by atoms with van der Waals surface area (Å²) in [6.45, 7) is 4.29. The molecular formula is C19H26FN3O2. The van der Waals surface area contributed by atoms with E-state index in [0.717, 1.165) is 37.2 Å². The largest absolute Gasteiger partial charge is 0.396 e. The maximum Gasteiger partial charge on any atom is 0.123 e. The molecule has 1 aliphatic rings. The van der Waals surface area contributed by atoms with E-state index in [4.69, 9.17) is 0 Å². The molecule has 25 heavy (non-hydrogen) atoms. The van der Waals surface area contributed by atoms with Gasteiger partial charge in [-0.15, -0.1) is 0 Å². The number of nitrogens with zero attached hydrogens (tertiary/aromatic N) is 3. The molecule has 1 aliphatic heterocycles. The van der Waals surface area contributed by atoms with Crippen LogP contribution in [0.2, 0.25) is 0 Å². The van der Waals surface area contributed by atoms with Gasteiger partial charge < -0.3 is 10.2 Å². The van der Waals surface area contributed by atoms with E-state index >= 15 is 0 Å². The Morgan fingerprint density at radius 1 is 1.32 bits per heavy atom. The van der Waals surface area contributed by atoms with Crippen molar-refractivity contribution in [3.63, 3.8) is 0 Å². The third-order valence-electron chi connectivity index (χ3n) is 5.16. The van der Waals surface area contributed by atoms with Gasteiger partial charge in [0.05, 0.1) is 24.6 Å². The lowest BCUT2D eigenvalue weighted by Gasteiger charge is -2.45. The van der Waals surface area contributed by atoms with Crippen LogP contribution in [0.15, 0.2) is 36.7 Å². The third kappa shape index (κ3) is 3.92. The van der Waals surface area contributed by atoms with E-state index in [1.54, 1.807) is 16.8 Å². The highest BCUT2D eigenvalue weighted by Gasteiger charge is 2.41. The van der Waals surface area contributed by atoms with Crippen molar-refractivity contribution in [2.75, 3.05) is 19.7 Å². The minimum Gasteiger partial charge on any atom is -0.396 e. The lowest BCUT2D eigenvalue weighted by Crippen LogP contribution is -2.53. The van der Waals surface area contributed by atoms with E-state index < -0.39 is 11.5 Å². The molecule has 0 amide bonds. The Bertz CT molecular complexity index is 688. The van der Waals surface area contributed by atoms with Crippen LogP contribution < -0.4 is 0 Å². The summed E-state index contributed by atoms with van der Waals surface area (Å²) in [4.78, 5) is 2.27. The van der Waals surface area contributed by atoms with Crippen molar-refractivity contribution < 1.29 is 14.6 Å². The van der Waals surface area contributed by atoms with E-state index in [1.807, 2.05) is 12.4 Å². The number of hydrogen-bond acceptors (Lipinski definition) is 4. The minimum atomic E-state index is -0.448. The van der Waals surface area contributed by atoms with E-state index in [0.29, 0.717) is 13.0 Å². The van der Waals surface area contributed by atoms with Gasteiger partial charge in [0.1, 0.15) is 5.82 Å². The highest BCUT2D eigenvalue weighted by Crippen LogP contribution is 2.35. The summed E-state index contributed by atoms with van der Waals surface area (Å²) in [7, 11) is 0. The van der Waals surface area contributed by atoms with Gasteiger partial charge in [0, 0.05) is 36.8 Å². The van der Waals surface area contributed by atoms with Crippen molar-refractivity contribution in [3.05, 3.63) is 48.0 Å². The molecule has 3 rings (SSSR count). The van der Waals surface area contributed by atoms with Crippen molar-refractivity contribution in [1.29, 1.82) is 0 Å². The second kappa shape index (κ2) is 7.64. The fourth-order valence-corrected chi connectivity index (χ4v) is 3.79. The Kier molecular flexibility index (Phi) is 5.51. The smallest absolute Gasteiger partial charge is 0.123 e. The van der Waals surface area contributed by atoms with Crippen LogP contribution in [0.3, 0.4) is 0 Å². The number of rotatable bonds is 6. The van der Waals surface area contributed by atoms with E-state index in [2.05, 4.69) is 16.9 Å². The second-order valence-corrected chi connectivity index (χ2v) is 7.06. The molecule has 5 nitrogen and oxygen atoms in total. The van der Waals surface area contributed by atoms with Crippen LogP contribution >= 0.6 is 0 Å². The van der Waals surface area contributed by atoms with Crippen molar-refractivity contribution in [2.24, 2.45) is 5.41 Å². The predicted molar refractivity (Wildman–Crippen MR) is 93.8 cm³/mol. The number of piperidine rings is 1. The Hall–Kier alpha value is -1.76.